The molecule has 1 unspecified atom stereocenters. The lowest BCUT2D eigenvalue weighted by Crippen LogP contribution is -2.35. The van der Waals surface area contributed by atoms with E-state index in [0.717, 1.165) is 26.1 Å². The van der Waals surface area contributed by atoms with E-state index in [-0.39, 0.29) is 0 Å². The molecule has 1 atom stereocenters. The van der Waals surface area contributed by atoms with Crippen molar-refractivity contribution in [1.82, 2.24) is 19.4 Å². The number of nitrogens with two attached hydrogens (primary N) is 1. The Balaban J connectivity index is 1.74. The summed E-state index contributed by atoms with van der Waals surface area (Å²) in [6, 6.07) is 0. The lowest BCUT2D eigenvalue weighted by Gasteiger charge is -2.24. The molecule has 5 heteroatoms. The van der Waals surface area contributed by atoms with Crippen molar-refractivity contribution in [3.8, 4) is 0 Å². The van der Waals surface area contributed by atoms with E-state index >= 15 is 0 Å². The van der Waals surface area contributed by atoms with Gasteiger partial charge in [0.25, 0.3) is 0 Å². The number of aryl methyl sites for hydroxylation is 1. The van der Waals surface area contributed by atoms with Gasteiger partial charge < -0.3 is 20.1 Å². The predicted molar refractivity (Wildman–Crippen MR) is 82.6 cm³/mol. The Labute approximate surface area is 122 Å². The fourth-order valence-electron chi connectivity index (χ4n) is 2.84. The van der Waals surface area contributed by atoms with Gasteiger partial charge in [-0.3, -0.25) is 0 Å². The van der Waals surface area contributed by atoms with Gasteiger partial charge in [0.2, 0.25) is 0 Å². The number of aromatic nitrogens is 2. The van der Waals surface area contributed by atoms with Crippen LogP contribution in [0.3, 0.4) is 0 Å². The fraction of sp³-hybridized carbons (Fsp3) is 0.800. The Morgan fingerprint density at radius 2 is 2.00 bits per heavy atom. The van der Waals surface area contributed by atoms with Crippen molar-refractivity contribution >= 4 is 0 Å². The topological polar surface area (TPSA) is 50.3 Å². The van der Waals surface area contributed by atoms with Crippen LogP contribution >= 0.6 is 0 Å². The summed E-state index contributed by atoms with van der Waals surface area (Å²) in [7, 11) is 2.07. The van der Waals surface area contributed by atoms with Crippen LogP contribution in [0.2, 0.25) is 0 Å². The minimum absolute atomic E-state index is 0.606. The molecule has 5 nitrogen and oxygen atoms in total. The monoisotopic (exact) mass is 279 g/mol. The van der Waals surface area contributed by atoms with Crippen LogP contribution in [0.4, 0.5) is 0 Å². The molecule has 0 spiro atoms. The Morgan fingerprint density at radius 3 is 2.70 bits per heavy atom. The van der Waals surface area contributed by atoms with E-state index in [0.29, 0.717) is 5.92 Å². The molecule has 0 radical (unpaired) electrons. The summed E-state index contributed by atoms with van der Waals surface area (Å²) in [5.41, 5.74) is 5.73. The molecule has 2 rings (SSSR count). The van der Waals surface area contributed by atoms with Gasteiger partial charge in [-0.15, -0.1) is 0 Å². The molecule has 1 saturated heterocycles. The molecule has 114 valence electrons. The highest BCUT2D eigenvalue weighted by atomic mass is 15.2. The van der Waals surface area contributed by atoms with Gasteiger partial charge in [0, 0.05) is 52.0 Å². The highest BCUT2D eigenvalue weighted by Crippen LogP contribution is 2.07. The van der Waals surface area contributed by atoms with Gasteiger partial charge in [-0.1, -0.05) is 6.92 Å². The summed E-state index contributed by atoms with van der Waals surface area (Å²) in [6.45, 7) is 10.0. The number of rotatable bonds is 6. The van der Waals surface area contributed by atoms with Gasteiger partial charge in [-0.2, -0.15) is 0 Å². The van der Waals surface area contributed by atoms with E-state index in [4.69, 9.17) is 5.73 Å². The SMILES string of the molecule is CC(CN)CN1CCCN(CCc2nccn2C)CC1. The van der Waals surface area contributed by atoms with E-state index in [2.05, 4.69) is 33.3 Å². The third-order valence-corrected chi connectivity index (χ3v) is 4.23. The van der Waals surface area contributed by atoms with Crippen molar-refractivity contribution in [1.29, 1.82) is 0 Å². The molecule has 1 fully saturated rings. The van der Waals surface area contributed by atoms with Crippen molar-refractivity contribution in [3.05, 3.63) is 18.2 Å². The van der Waals surface area contributed by atoms with Crippen molar-refractivity contribution in [2.24, 2.45) is 18.7 Å². The average Bonchev–Trinajstić information content (AvgIpc) is 2.72. The standard InChI is InChI=1S/C15H29N5/c1-14(12-16)13-20-7-3-6-19(10-11-20)8-4-15-17-5-9-18(15)2/h5,9,14H,3-4,6-8,10-13,16H2,1-2H3. The summed E-state index contributed by atoms with van der Waals surface area (Å²) in [4.78, 5) is 9.54. The molecule has 0 saturated carbocycles. The third kappa shape index (κ3) is 4.58. The van der Waals surface area contributed by atoms with Crippen LogP contribution in [0, 0.1) is 5.92 Å². The van der Waals surface area contributed by atoms with E-state index < -0.39 is 0 Å². The second-order valence-electron chi connectivity index (χ2n) is 6.04. The van der Waals surface area contributed by atoms with Crippen LogP contribution in [0.15, 0.2) is 12.4 Å². The first-order valence-electron chi connectivity index (χ1n) is 7.80. The van der Waals surface area contributed by atoms with Crippen molar-refractivity contribution in [2.45, 2.75) is 19.8 Å². The molecule has 2 N–H and O–H groups in total. The zero-order chi connectivity index (χ0) is 14.4. The normalized spacial score (nSPS) is 19.9. The fourth-order valence-corrected chi connectivity index (χ4v) is 2.84. The summed E-state index contributed by atoms with van der Waals surface area (Å²) in [5.74, 6) is 1.79. The van der Waals surface area contributed by atoms with Gasteiger partial charge in [-0.05, 0) is 32.0 Å². The molecule has 1 aromatic rings. The third-order valence-electron chi connectivity index (χ3n) is 4.23. The number of hydrogen-bond acceptors (Lipinski definition) is 4. The lowest BCUT2D eigenvalue weighted by atomic mass is 10.1. The maximum atomic E-state index is 5.73. The molecule has 20 heavy (non-hydrogen) atoms. The summed E-state index contributed by atoms with van der Waals surface area (Å²) in [6.07, 6.45) is 6.21. The maximum absolute atomic E-state index is 5.73. The second kappa shape index (κ2) is 7.76. The summed E-state index contributed by atoms with van der Waals surface area (Å²) < 4.78 is 2.12. The van der Waals surface area contributed by atoms with Crippen molar-refractivity contribution < 1.29 is 0 Å². The molecule has 0 bridgehead atoms. The molecule has 1 aliphatic heterocycles. The maximum Gasteiger partial charge on any atom is 0.109 e. The van der Waals surface area contributed by atoms with Crippen LogP contribution in [-0.2, 0) is 13.5 Å². The molecule has 0 aliphatic carbocycles. The summed E-state index contributed by atoms with van der Waals surface area (Å²) >= 11 is 0. The van der Waals surface area contributed by atoms with E-state index in [1.165, 1.54) is 38.4 Å². The zero-order valence-corrected chi connectivity index (χ0v) is 13.0. The first-order chi connectivity index (χ1) is 9.69. The number of hydrogen-bond donors (Lipinski definition) is 1. The van der Waals surface area contributed by atoms with E-state index in [9.17, 15) is 0 Å². The van der Waals surface area contributed by atoms with Crippen molar-refractivity contribution in [2.75, 3.05) is 45.8 Å². The highest BCUT2D eigenvalue weighted by Gasteiger charge is 2.16. The lowest BCUT2D eigenvalue weighted by molar-refractivity contribution is 0.235. The Hall–Kier alpha value is -0.910. The zero-order valence-electron chi connectivity index (χ0n) is 13.0. The van der Waals surface area contributed by atoms with Crippen LogP contribution in [-0.4, -0.2) is 65.2 Å². The Kier molecular flexibility index (Phi) is 6.01. The molecular weight excluding hydrogens is 250 g/mol. The number of imidazole rings is 1. The van der Waals surface area contributed by atoms with Gasteiger partial charge >= 0.3 is 0 Å². The molecule has 1 aromatic heterocycles. The molecule has 0 aromatic carbocycles. The molecule has 2 heterocycles. The smallest absolute Gasteiger partial charge is 0.109 e. The molecule has 1 aliphatic rings. The van der Waals surface area contributed by atoms with Crippen LogP contribution in [0.25, 0.3) is 0 Å². The van der Waals surface area contributed by atoms with Crippen LogP contribution in [0.1, 0.15) is 19.2 Å². The van der Waals surface area contributed by atoms with Crippen molar-refractivity contribution in [3.63, 3.8) is 0 Å². The first kappa shape index (κ1) is 15.5. The first-order valence-corrected chi connectivity index (χ1v) is 7.80. The largest absolute Gasteiger partial charge is 0.338 e. The van der Waals surface area contributed by atoms with E-state index in [1.54, 1.807) is 0 Å². The Bertz CT molecular complexity index is 389. The quantitative estimate of drug-likeness (QED) is 0.827. The number of nitrogens with zero attached hydrogens (tertiary/aromatic N) is 4. The van der Waals surface area contributed by atoms with Gasteiger partial charge in [0.05, 0.1) is 0 Å². The van der Waals surface area contributed by atoms with E-state index in [1.807, 2.05) is 12.4 Å². The minimum atomic E-state index is 0.606. The van der Waals surface area contributed by atoms with Crippen LogP contribution in [0.5, 0.6) is 0 Å². The van der Waals surface area contributed by atoms with Gasteiger partial charge in [0.15, 0.2) is 0 Å². The molecular formula is C15H29N5. The minimum Gasteiger partial charge on any atom is -0.338 e. The highest BCUT2D eigenvalue weighted by molar-refractivity contribution is 4.92. The van der Waals surface area contributed by atoms with Gasteiger partial charge in [0.1, 0.15) is 5.82 Å². The molecule has 0 amide bonds. The predicted octanol–water partition coefficient (Wildman–Crippen LogP) is 0.565. The second-order valence-corrected chi connectivity index (χ2v) is 6.04. The average molecular weight is 279 g/mol. The van der Waals surface area contributed by atoms with Crippen LogP contribution < -0.4 is 5.73 Å². The summed E-state index contributed by atoms with van der Waals surface area (Å²) in [5, 5.41) is 0. The van der Waals surface area contributed by atoms with Gasteiger partial charge in [-0.25, -0.2) is 4.98 Å². The Morgan fingerprint density at radius 1 is 1.25 bits per heavy atom.